The molecule has 17 heavy (non-hydrogen) atoms. The average Bonchev–Trinajstić information content (AvgIpc) is 2.90. The van der Waals surface area contributed by atoms with Crippen LogP contribution >= 0.6 is 22.7 Å². The van der Waals surface area contributed by atoms with Gasteiger partial charge in [0.2, 0.25) is 0 Å². The third-order valence-electron chi connectivity index (χ3n) is 2.73. The molecule has 2 aromatic heterocycles. The van der Waals surface area contributed by atoms with Gasteiger partial charge in [-0.3, -0.25) is 4.79 Å². The maximum absolute atomic E-state index is 10.8. The SMILES string of the molecule is C=CCc1cc2c(ccc3sc(C=O)cc32)s1. The lowest BCUT2D eigenvalue weighted by Gasteiger charge is -1.90. The monoisotopic (exact) mass is 258 g/mol. The van der Waals surface area contributed by atoms with Gasteiger partial charge in [0.15, 0.2) is 6.29 Å². The van der Waals surface area contributed by atoms with Gasteiger partial charge in [0.1, 0.15) is 0 Å². The van der Waals surface area contributed by atoms with E-state index in [0.717, 1.165) is 17.6 Å². The number of benzene rings is 1. The number of carbonyl (C=O) groups is 1. The topological polar surface area (TPSA) is 17.1 Å². The number of thiophene rings is 2. The van der Waals surface area contributed by atoms with Crippen LogP contribution in [0.4, 0.5) is 0 Å². The molecule has 3 rings (SSSR count). The molecule has 0 saturated carbocycles. The molecule has 84 valence electrons. The molecule has 0 bridgehead atoms. The predicted molar refractivity (Wildman–Crippen MR) is 76.5 cm³/mol. The number of carbonyl (C=O) groups excluding carboxylic acids is 1. The van der Waals surface area contributed by atoms with E-state index in [1.807, 2.05) is 12.1 Å². The zero-order valence-corrected chi connectivity index (χ0v) is 10.7. The summed E-state index contributed by atoms with van der Waals surface area (Å²) >= 11 is 3.35. The standard InChI is InChI=1S/C14H10OS2/c1-2-3-9-6-11-12-7-10(8-15)17-14(12)5-4-13(11)16-9/h2,4-8H,1,3H2. The lowest BCUT2D eigenvalue weighted by molar-refractivity contribution is 0.112. The Bertz CT molecular complexity index is 718. The van der Waals surface area contributed by atoms with Crippen LogP contribution in [0.3, 0.4) is 0 Å². The van der Waals surface area contributed by atoms with Crippen molar-refractivity contribution in [2.24, 2.45) is 0 Å². The van der Waals surface area contributed by atoms with Crippen molar-refractivity contribution in [1.29, 1.82) is 0 Å². The van der Waals surface area contributed by atoms with Gasteiger partial charge >= 0.3 is 0 Å². The van der Waals surface area contributed by atoms with Crippen molar-refractivity contribution in [2.45, 2.75) is 6.42 Å². The smallest absolute Gasteiger partial charge is 0.160 e. The van der Waals surface area contributed by atoms with Crippen LogP contribution in [0.2, 0.25) is 0 Å². The first kappa shape index (κ1) is 10.7. The van der Waals surface area contributed by atoms with Crippen molar-refractivity contribution >= 4 is 49.1 Å². The Morgan fingerprint density at radius 2 is 1.82 bits per heavy atom. The zero-order valence-electron chi connectivity index (χ0n) is 9.10. The first-order valence-corrected chi connectivity index (χ1v) is 6.96. The highest BCUT2D eigenvalue weighted by Gasteiger charge is 2.08. The molecule has 0 amide bonds. The Morgan fingerprint density at radius 3 is 2.53 bits per heavy atom. The molecule has 0 atom stereocenters. The molecule has 0 saturated heterocycles. The minimum Gasteiger partial charge on any atom is -0.297 e. The van der Waals surface area contributed by atoms with Crippen LogP contribution in [-0.4, -0.2) is 6.29 Å². The van der Waals surface area contributed by atoms with Gasteiger partial charge in [0, 0.05) is 25.0 Å². The third-order valence-corrected chi connectivity index (χ3v) is 4.88. The highest BCUT2D eigenvalue weighted by Crippen LogP contribution is 2.35. The molecule has 0 aliphatic heterocycles. The molecule has 1 aromatic carbocycles. The lowest BCUT2D eigenvalue weighted by Crippen LogP contribution is -1.68. The maximum atomic E-state index is 10.8. The Kier molecular flexibility index (Phi) is 2.57. The van der Waals surface area contributed by atoms with Crippen LogP contribution in [0.1, 0.15) is 14.5 Å². The highest BCUT2D eigenvalue weighted by atomic mass is 32.1. The van der Waals surface area contributed by atoms with E-state index < -0.39 is 0 Å². The summed E-state index contributed by atoms with van der Waals surface area (Å²) in [5.41, 5.74) is 0. The molecule has 3 aromatic rings. The molecule has 1 nitrogen and oxygen atoms in total. The van der Waals surface area contributed by atoms with E-state index in [0.29, 0.717) is 0 Å². The Balaban J connectivity index is 2.33. The number of allylic oxidation sites excluding steroid dienone is 1. The van der Waals surface area contributed by atoms with E-state index in [9.17, 15) is 4.79 Å². The van der Waals surface area contributed by atoms with Gasteiger partial charge in [0.05, 0.1) is 4.88 Å². The molecule has 3 heteroatoms. The number of hydrogen-bond donors (Lipinski definition) is 0. The summed E-state index contributed by atoms with van der Waals surface area (Å²) in [5, 5.41) is 2.45. The molecule has 0 fully saturated rings. The van der Waals surface area contributed by atoms with Gasteiger partial charge < -0.3 is 0 Å². The zero-order chi connectivity index (χ0) is 11.8. The minimum atomic E-state index is 0.795. The summed E-state index contributed by atoms with van der Waals surface area (Å²) in [4.78, 5) is 12.9. The molecule has 0 spiro atoms. The second-order valence-electron chi connectivity index (χ2n) is 3.86. The largest absolute Gasteiger partial charge is 0.297 e. The second-order valence-corrected chi connectivity index (χ2v) is 6.14. The number of rotatable bonds is 3. The number of hydrogen-bond acceptors (Lipinski definition) is 3. The molecule has 0 N–H and O–H groups in total. The highest BCUT2D eigenvalue weighted by molar-refractivity contribution is 7.21. The molecular weight excluding hydrogens is 248 g/mol. The quantitative estimate of drug-likeness (QED) is 0.493. The molecule has 0 aliphatic rings. The molecule has 0 radical (unpaired) electrons. The third kappa shape index (κ3) is 1.72. The van der Waals surface area contributed by atoms with Gasteiger partial charge in [-0.15, -0.1) is 29.3 Å². The van der Waals surface area contributed by atoms with E-state index in [-0.39, 0.29) is 0 Å². The Morgan fingerprint density at radius 1 is 1.12 bits per heavy atom. The van der Waals surface area contributed by atoms with Gasteiger partial charge in [-0.2, -0.15) is 0 Å². The van der Waals surface area contributed by atoms with E-state index >= 15 is 0 Å². The number of fused-ring (bicyclic) bond motifs is 3. The summed E-state index contributed by atoms with van der Waals surface area (Å²) < 4.78 is 2.46. The van der Waals surface area contributed by atoms with Gasteiger partial charge in [-0.1, -0.05) is 6.08 Å². The van der Waals surface area contributed by atoms with Crippen molar-refractivity contribution < 1.29 is 4.79 Å². The Labute approximate surface area is 107 Å². The van der Waals surface area contributed by atoms with Crippen LogP contribution in [0.15, 0.2) is 36.9 Å². The van der Waals surface area contributed by atoms with Crippen LogP contribution in [-0.2, 0) is 6.42 Å². The summed E-state index contributed by atoms with van der Waals surface area (Å²) in [7, 11) is 0. The molecular formula is C14H10OS2. The van der Waals surface area contributed by atoms with Crippen molar-refractivity contribution in [3.8, 4) is 0 Å². The summed E-state index contributed by atoms with van der Waals surface area (Å²) in [5.74, 6) is 0. The fraction of sp³-hybridized carbons (Fsp3) is 0.0714. The first-order chi connectivity index (χ1) is 8.31. The fourth-order valence-corrected chi connectivity index (χ4v) is 3.97. The van der Waals surface area contributed by atoms with Crippen molar-refractivity contribution in [1.82, 2.24) is 0 Å². The summed E-state index contributed by atoms with van der Waals surface area (Å²) in [6.45, 7) is 3.77. The minimum absolute atomic E-state index is 0.795. The maximum Gasteiger partial charge on any atom is 0.160 e. The summed E-state index contributed by atoms with van der Waals surface area (Å²) in [6.07, 6.45) is 3.76. The molecule has 2 heterocycles. The van der Waals surface area contributed by atoms with Gasteiger partial charge in [-0.25, -0.2) is 0 Å². The van der Waals surface area contributed by atoms with Gasteiger partial charge in [0.25, 0.3) is 0 Å². The van der Waals surface area contributed by atoms with Crippen LogP contribution in [0.25, 0.3) is 20.2 Å². The van der Waals surface area contributed by atoms with Crippen molar-refractivity contribution in [3.63, 3.8) is 0 Å². The van der Waals surface area contributed by atoms with Crippen molar-refractivity contribution in [3.05, 3.63) is 46.7 Å². The molecule has 0 aliphatic carbocycles. The van der Waals surface area contributed by atoms with Crippen LogP contribution in [0.5, 0.6) is 0 Å². The normalized spacial score (nSPS) is 11.1. The predicted octanol–water partition coefficient (Wildman–Crippen LogP) is 4.66. The van der Waals surface area contributed by atoms with E-state index in [4.69, 9.17) is 0 Å². The van der Waals surface area contributed by atoms with E-state index in [1.54, 1.807) is 22.7 Å². The average molecular weight is 258 g/mol. The van der Waals surface area contributed by atoms with Crippen LogP contribution in [0, 0.1) is 0 Å². The number of aldehydes is 1. The van der Waals surface area contributed by atoms with Crippen LogP contribution < -0.4 is 0 Å². The Hall–Kier alpha value is -1.45. The van der Waals surface area contributed by atoms with E-state index in [2.05, 4.69) is 24.8 Å². The summed E-state index contributed by atoms with van der Waals surface area (Å²) in [6, 6.07) is 8.44. The van der Waals surface area contributed by atoms with E-state index in [1.165, 1.54) is 25.0 Å². The first-order valence-electron chi connectivity index (χ1n) is 5.33. The van der Waals surface area contributed by atoms with Gasteiger partial charge in [-0.05, 0) is 30.7 Å². The molecule has 0 unspecified atom stereocenters. The fourth-order valence-electron chi connectivity index (χ4n) is 2.00. The lowest BCUT2D eigenvalue weighted by atomic mass is 10.1. The second kappa shape index (κ2) is 4.09. The van der Waals surface area contributed by atoms with Crippen molar-refractivity contribution in [2.75, 3.05) is 0 Å².